The number of hydrogen-bond acceptors (Lipinski definition) is 6. The van der Waals surface area contributed by atoms with Gasteiger partial charge in [-0.1, -0.05) is 31.1 Å². The van der Waals surface area contributed by atoms with Crippen molar-refractivity contribution in [3.63, 3.8) is 0 Å². The number of halogens is 3. The highest BCUT2D eigenvalue weighted by Crippen LogP contribution is 2.29. The molecule has 9 nitrogen and oxygen atoms in total. The summed E-state index contributed by atoms with van der Waals surface area (Å²) >= 11 is 0. The van der Waals surface area contributed by atoms with Crippen LogP contribution in [0.4, 0.5) is 13.2 Å². The number of carboxylic acids is 2. The molecule has 0 radical (unpaired) electrons. The van der Waals surface area contributed by atoms with Gasteiger partial charge in [0.15, 0.2) is 0 Å². The summed E-state index contributed by atoms with van der Waals surface area (Å²) in [7, 11) is 0. The maximum atomic E-state index is 12.7. The van der Waals surface area contributed by atoms with E-state index in [1.165, 1.54) is 6.07 Å². The van der Waals surface area contributed by atoms with Crippen LogP contribution < -0.4 is 5.73 Å². The number of carbonyl (C=O) groups is 3. The van der Waals surface area contributed by atoms with Crippen molar-refractivity contribution in [2.75, 3.05) is 13.1 Å². The van der Waals surface area contributed by atoms with E-state index in [0.29, 0.717) is 43.8 Å². The first-order valence-electron chi connectivity index (χ1n) is 10.6. The summed E-state index contributed by atoms with van der Waals surface area (Å²) in [6, 6.07) is 4.87. The fourth-order valence-electron chi connectivity index (χ4n) is 3.18. The van der Waals surface area contributed by atoms with Crippen molar-refractivity contribution in [1.82, 2.24) is 4.90 Å². The van der Waals surface area contributed by atoms with Gasteiger partial charge in [0, 0.05) is 38.4 Å². The number of piperidine rings is 1. The number of amides is 1. The predicted octanol–water partition coefficient (Wildman–Crippen LogP) is 3.12. The second-order valence-electron chi connectivity index (χ2n) is 8.21. The van der Waals surface area contributed by atoms with E-state index in [2.05, 4.69) is 19.0 Å². The van der Waals surface area contributed by atoms with Crippen LogP contribution in [0.3, 0.4) is 0 Å². The van der Waals surface area contributed by atoms with Crippen molar-refractivity contribution >= 4 is 23.6 Å². The van der Waals surface area contributed by atoms with E-state index < -0.39 is 23.7 Å². The highest BCUT2D eigenvalue weighted by Gasteiger charge is 2.30. The molecule has 1 saturated heterocycles. The molecule has 4 N–H and O–H groups in total. The lowest BCUT2D eigenvalue weighted by atomic mass is 10.0. The summed E-state index contributed by atoms with van der Waals surface area (Å²) in [4.78, 5) is 37.5. The molecule has 1 heterocycles. The molecule has 0 bridgehead atoms. The molecule has 1 aliphatic rings. The zero-order valence-electron chi connectivity index (χ0n) is 19.0. The van der Waals surface area contributed by atoms with Crippen LogP contribution in [-0.2, 0) is 32.0 Å². The predicted molar refractivity (Wildman–Crippen MR) is 117 cm³/mol. The molecule has 1 aliphatic heterocycles. The van der Waals surface area contributed by atoms with Crippen LogP contribution in [0.15, 0.2) is 29.4 Å². The molecule has 0 saturated carbocycles. The van der Waals surface area contributed by atoms with Crippen LogP contribution in [-0.4, -0.2) is 57.8 Å². The number of benzene rings is 1. The standard InChI is InChI=1S/C20H28F3N3O2.C2H2O4/c1-14(2)10-17(24)12-19(27)26-8-6-18(7-9-26)25-28-13-15-4-3-5-16(11-15)20(21,22)23;3-1(4)2(5)6/h3-5,11,14,17H,6-10,12-13,24H2,1-2H3;(H,3,4)(H,5,6). The number of nitrogens with zero attached hydrogens (tertiary/aromatic N) is 2. The van der Waals surface area contributed by atoms with Gasteiger partial charge in [0.1, 0.15) is 6.61 Å². The lowest BCUT2D eigenvalue weighted by Crippen LogP contribution is -2.41. The Hall–Kier alpha value is -3.15. The Bertz CT molecular complexity index is 852. The highest BCUT2D eigenvalue weighted by atomic mass is 19.4. The minimum Gasteiger partial charge on any atom is -0.473 e. The highest BCUT2D eigenvalue weighted by molar-refractivity contribution is 6.27. The fourth-order valence-corrected chi connectivity index (χ4v) is 3.18. The molecule has 190 valence electrons. The average Bonchev–Trinajstić information content (AvgIpc) is 2.73. The van der Waals surface area contributed by atoms with Gasteiger partial charge in [-0.25, -0.2) is 9.59 Å². The van der Waals surface area contributed by atoms with Crippen LogP contribution in [0.1, 0.15) is 50.7 Å². The summed E-state index contributed by atoms with van der Waals surface area (Å²) in [5.74, 6) is -3.14. The van der Waals surface area contributed by atoms with E-state index >= 15 is 0 Å². The molecule has 1 fully saturated rings. The molecule has 1 atom stereocenters. The maximum absolute atomic E-state index is 12.7. The smallest absolute Gasteiger partial charge is 0.416 e. The summed E-state index contributed by atoms with van der Waals surface area (Å²) < 4.78 is 38.1. The average molecular weight is 489 g/mol. The summed E-state index contributed by atoms with van der Waals surface area (Å²) in [6.07, 6.45) is -2.03. The van der Waals surface area contributed by atoms with Crippen molar-refractivity contribution in [1.29, 1.82) is 0 Å². The van der Waals surface area contributed by atoms with E-state index in [9.17, 15) is 18.0 Å². The Morgan fingerprint density at radius 2 is 1.74 bits per heavy atom. The number of alkyl halides is 3. The quantitative estimate of drug-likeness (QED) is 0.394. The molecule has 1 aromatic carbocycles. The first-order chi connectivity index (χ1) is 15.8. The largest absolute Gasteiger partial charge is 0.473 e. The van der Waals surface area contributed by atoms with E-state index in [1.807, 2.05) is 0 Å². The Kier molecular flexibility index (Phi) is 11.5. The van der Waals surface area contributed by atoms with Gasteiger partial charge in [-0.3, -0.25) is 4.79 Å². The number of carboxylic acid groups (broad SMARTS) is 2. The van der Waals surface area contributed by atoms with Gasteiger partial charge in [-0.15, -0.1) is 0 Å². The first kappa shape index (κ1) is 28.9. The number of likely N-dealkylation sites (tertiary alicyclic amines) is 1. The Labute approximate surface area is 195 Å². The van der Waals surface area contributed by atoms with Gasteiger partial charge in [0.2, 0.25) is 5.91 Å². The van der Waals surface area contributed by atoms with Crippen molar-refractivity contribution in [2.45, 2.75) is 58.4 Å². The third-order valence-corrected chi connectivity index (χ3v) is 4.77. The van der Waals surface area contributed by atoms with Crippen molar-refractivity contribution in [2.24, 2.45) is 16.8 Å². The number of nitrogens with two attached hydrogens (primary N) is 1. The molecule has 0 aliphatic carbocycles. The van der Waals surface area contributed by atoms with Crippen LogP contribution in [0.5, 0.6) is 0 Å². The van der Waals surface area contributed by atoms with Crippen LogP contribution in [0.25, 0.3) is 0 Å². The van der Waals surface area contributed by atoms with E-state index in [4.69, 9.17) is 30.4 Å². The summed E-state index contributed by atoms with van der Waals surface area (Å²) in [5, 5.41) is 18.8. The Morgan fingerprint density at radius 3 is 2.24 bits per heavy atom. The molecule has 2 rings (SSSR count). The van der Waals surface area contributed by atoms with E-state index in [1.54, 1.807) is 11.0 Å². The van der Waals surface area contributed by atoms with E-state index in [-0.39, 0.29) is 18.6 Å². The normalized spacial score (nSPS) is 14.7. The van der Waals surface area contributed by atoms with Crippen LogP contribution in [0.2, 0.25) is 0 Å². The number of rotatable bonds is 7. The van der Waals surface area contributed by atoms with Gasteiger partial charge in [-0.2, -0.15) is 13.2 Å². The zero-order valence-corrected chi connectivity index (χ0v) is 19.0. The molecule has 1 amide bonds. The SMILES string of the molecule is CC(C)CC(N)CC(=O)N1CCC(=NOCc2cccc(C(F)(F)F)c2)CC1.O=C(O)C(=O)O. The number of oxime groups is 1. The molecule has 1 aromatic rings. The van der Waals surface area contributed by atoms with E-state index in [0.717, 1.165) is 24.3 Å². The maximum Gasteiger partial charge on any atom is 0.416 e. The number of aliphatic carboxylic acids is 2. The van der Waals surface area contributed by atoms with Gasteiger partial charge >= 0.3 is 18.1 Å². The zero-order chi connectivity index (χ0) is 25.9. The number of carbonyl (C=O) groups excluding carboxylic acids is 1. The third-order valence-electron chi connectivity index (χ3n) is 4.77. The van der Waals surface area contributed by atoms with Gasteiger partial charge < -0.3 is 25.7 Å². The molecule has 0 spiro atoms. The number of hydrogen-bond donors (Lipinski definition) is 3. The third kappa shape index (κ3) is 11.1. The van der Waals surface area contributed by atoms with Crippen molar-refractivity contribution in [3.05, 3.63) is 35.4 Å². The van der Waals surface area contributed by atoms with Gasteiger partial charge in [0.05, 0.1) is 11.3 Å². The summed E-state index contributed by atoms with van der Waals surface area (Å²) in [6.45, 7) is 5.23. The molecular formula is C22H30F3N3O6. The first-order valence-corrected chi connectivity index (χ1v) is 10.6. The minimum absolute atomic E-state index is 0.0277. The molecule has 1 unspecified atom stereocenters. The van der Waals surface area contributed by atoms with Crippen LogP contribution >= 0.6 is 0 Å². The lowest BCUT2D eigenvalue weighted by Gasteiger charge is -2.28. The Morgan fingerprint density at radius 1 is 1.15 bits per heavy atom. The fraction of sp³-hybridized carbons (Fsp3) is 0.545. The van der Waals surface area contributed by atoms with Crippen LogP contribution in [0, 0.1) is 5.92 Å². The molecular weight excluding hydrogens is 459 g/mol. The second-order valence-corrected chi connectivity index (χ2v) is 8.21. The minimum atomic E-state index is -4.38. The molecule has 0 aromatic heterocycles. The van der Waals surface area contributed by atoms with Crippen molar-refractivity contribution in [3.8, 4) is 0 Å². The second kappa shape index (κ2) is 13.5. The summed E-state index contributed by atoms with van der Waals surface area (Å²) in [5.41, 5.74) is 6.52. The topological polar surface area (TPSA) is 143 Å². The monoisotopic (exact) mass is 489 g/mol. The van der Waals surface area contributed by atoms with Crippen molar-refractivity contribution < 1.29 is 42.6 Å². The van der Waals surface area contributed by atoms with Gasteiger partial charge in [-0.05, 0) is 30.0 Å². The molecule has 34 heavy (non-hydrogen) atoms. The van der Waals surface area contributed by atoms with Gasteiger partial charge in [0.25, 0.3) is 0 Å². The molecule has 12 heteroatoms. The Balaban J connectivity index is 0.000000852. The lowest BCUT2D eigenvalue weighted by molar-refractivity contribution is -0.159.